The smallest absolute Gasteiger partial charge is 0.338 e. The molecular weight excluding hydrogens is 461 g/mol. The molecule has 6 nitrogen and oxygen atoms in total. The van der Waals surface area contributed by atoms with E-state index in [9.17, 15) is 9.18 Å². The maximum Gasteiger partial charge on any atom is 0.338 e. The van der Waals surface area contributed by atoms with Gasteiger partial charge in [-0.25, -0.2) is 9.18 Å². The first-order chi connectivity index (χ1) is 17.2. The van der Waals surface area contributed by atoms with Gasteiger partial charge in [0.15, 0.2) is 6.10 Å². The van der Waals surface area contributed by atoms with Gasteiger partial charge >= 0.3 is 5.97 Å². The molecule has 36 heavy (non-hydrogen) atoms. The third kappa shape index (κ3) is 5.79. The van der Waals surface area contributed by atoms with Gasteiger partial charge in [-0.2, -0.15) is 0 Å². The van der Waals surface area contributed by atoms with E-state index in [-0.39, 0.29) is 11.7 Å². The summed E-state index contributed by atoms with van der Waals surface area (Å²) in [5, 5.41) is 3.43. The van der Waals surface area contributed by atoms with E-state index in [4.69, 9.17) is 18.9 Å². The molecule has 0 aliphatic carbocycles. The van der Waals surface area contributed by atoms with Crippen molar-refractivity contribution in [1.82, 2.24) is 0 Å². The molecule has 0 amide bonds. The number of ether oxygens (including phenoxy) is 4. The van der Waals surface area contributed by atoms with Crippen LogP contribution in [0.25, 0.3) is 0 Å². The number of benzene rings is 3. The van der Waals surface area contributed by atoms with Gasteiger partial charge in [-0.3, -0.25) is 0 Å². The molecule has 0 fully saturated rings. The summed E-state index contributed by atoms with van der Waals surface area (Å²) >= 11 is 0. The molecule has 0 saturated carbocycles. The number of rotatable bonds is 8. The van der Waals surface area contributed by atoms with Crippen LogP contribution in [0.3, 0.4) is 0 Å². The molecular formula is C29H32FNO5. The topological polar surface area (TPSA) is 66.0 Å². The Morgan fingerprint density at radius 3 is 2.39 bits per heavy atom. The molecule has 0 aromatic heterocycles. The fourth-order valence-corrected chi connectivity index (χ4v) is 4.20. The van der Waals surface area contributed by atoms with Gasteiger partial charge in [0.1, 0.15) is 29.0 Å². The standard InChI is InChI=1S/C29H32FNO5/c1-18(2)34-26-24-16-22(31-17-19-6-13-23(33-5)14-7-19)12-15-25(24)36-29(3,4)27(26)35-28(32)20-8-10-21(30)11-9-20/h6-16,18,26-27,31H,17H2,1-5H3. The zero-order chi connectivity index (χ0) is 25.9. The molecule has 2 unspecified atom stereocenters. The maximum atomic E-state index is 13.3. The van der Waals surface area contributed by atoms with Crippen LogP contribution in [-0.4, -0.2) is 30.9 Å². The van der Waals surface area contributed by atoms with Gasteiger partial charge in [-0.1, -0.05) is 12.1 Å². The second kappa shape index (κ2) is 10.6. The Balaban J connectivity index is 1.59. The lowest BCUT2D eigenvalue weighted by molar-refractivity contribution is -0.151. The number of halogens is 1. The molecule has 1 heterocycles. The number of carbonyl (C=O) groups is 1. The van der Waals surface area contributed by atoms with Crippen LogP contribution in [0.15, 0.2) is 66.7 Å². The van der Waals surface area contributed by atoms with Crippen molar-refractivity contribution in [3.8, 4) is 11.5 Å². The Hall–Kier alpha value is -3.58. The predicted molar refractivity (Wildman–Crippen MR) is 136 cm³/mol. The number of fused-ring (bicyclic) bond motifs is 1. The number of hydrogen-bond acceptors (Lipinski definition) is 6. The van der Waals surface area contributed by atoms with Crippen LogP contribution in [0.5, 0.6) is 11.5 Å². The van der Waals surface area contributed by atoms with Gasteiger partial charge in [-0.15, -0.1) is 0 Å². The SMILES string of the molecule is COc1ccc(CNc2ccc3c(c2)C(OC(C)C)C(OC(=O)c2ccc(F)cc2)C(C)(C)O3)cc1. The van der Waals surface area contributed by atoms with Crippen LogP contribution in [0.1, 0.15) is 55.3 Å². The van der Waals surface area contributed by atoms with Crippen LogP contribution in [0.4, 0.5) is 10.1 Å². The molecule has 0 spiro atoms. The number of nitrogens with one attached hydrogen (secondary N) is 1. The first-order valence-corrected chi connectivity index (χ1v) is 12.0. The molecule has 0 saturated heterocycles. The van der Waals surface area contributed by atoms with Crippen LogP contribution in [-0.2, 0) is 16.0 Å². The van der Waals surface area contributed by atoms with E-state index in [1.807, 2.05) is 70.2 Å². The summed E-state index contributed by atoms with van der Waals surface area (Å²) in [7, 11) is 1.64. The van der Waals surface area contributed by atoms with Crippen molar-refractivity contribution in [2.45, 2.75) is 58.2 Å². The van der Waals surface area contributed by atoms with Gasteiger partial charge in [-0.05, 0) is 87.9 Å². The number of carbonyl (C=O) groups excluding carboxylic acids is 1. The molecule has 0 radical (unpaired) electrons. The Bertz CT molecular complexity index is 1190. The molecule has 1 aliphatic heterocycles. The predicted octanol–water partition coefficient (Wildman–Crippen LogP) is 6.31. The molecule has 3 aromatic carbocycles. The zero-order valence-electron chi connectivity index (χ0n) is 21.2. The number of esters is 1. The van der Waals surface area contributed by atoms with Crippen molar-refractivity contribution in [2.24, 2.45) is 0 Å². The Labute approximate surface area is 211 Å². The van der Waals surface area contributed by atoms with Crippen molar-refractivity contribution < 1.29 is 28.1 Å². The van der Waals surface area contributed by atoms with E-state index in [2.05, 4.69) is 5.32 Å². The molecule has 190 valence electrons. The van der Waals surface area contributed by atoms with Crippen molar-refractivity contribution in [3.05, 3.63) is 89.2 Å². The first kappa shape index (κ1) is 25.5. The zero-order valence-corrected chi connectivity index (χ0v) is 21.2. The number of methoxy groups -OCH3 is 1. The lowest BCUT2D eigenvalue weighted by atomic mass is 9.87. The molecule has 7 heteroatoms. The van der Waals surface area contributed by atoms with E-state index in [1.165, 1.54) is 24.3 Å². The summed E-state index contributed by atoms with van der Waals surface area (Å²) in [4.78, 5) is 13.0. The van der Waals surface area contributed by atoms with Crippen molar-refractivity contribution in [2.75, 3.05) is 12.4 Å². The minimum atomic E-state index is -0.861. The van der Waals surface area contributed by atoms with E-state index in [1.54, 1.807) is 7.11 Å². The van der Waals surface area contributed by atoms with Crippen LogP contribution in [0, 0.1) is 5.82 Å². The minimum Gasteiger partial charge on any atom is -0.497 e. The Morgan fingerprint density at radius 2 is 1.75 bits per heavy atom. The monoisotopic (exact) mass is 493 g/mol. The minimum absolute atomic E-state index is 0.125. The largest absolute Gasteiger partial charge is 0.497 e. The highest BCUT2D eigenvalue weighted by molar-refractivity contribution is 5.89. The van der Waals surface area contributed by atoms with E-state index in [0.29, 0.717) is 12.3 Å². The molecule has 1 N–H and O–H groups in total. The highest BCUT2D eigenvalue weighted by atomic mass is 19.1. The third-order valence-corrected chi connectivity index (χ3v) is 6.04. The highest BCUT2D eigenvalue weighted by Gasteiger charge is 2.48. The van der Waals surface area contributed by atoms with E-state index < -0.39 is 29.6 Å². The van der Waals surface area contributed by atoms with Crippen molar-refractivity contribution >= 4 is 11.7 Å². The molecule has 3 aromatic rings. The van der Waals surface area contributed by atoms with Gasteiger partial charge in [0.2, 0.25) is 0 Å². The van der Waals surface area contributed by atoms with E-state index >= 15 is 0 Å². The van der Waals surface area contributed by atoms with Gasteiger partial charge in [0.05, 0.1) is 18.8 Å². The third-order valence-electron chi connectivity index (χ3n) is 6.04. The second-order valence-corrected chi connectivity index (χ2v) is 9.60. The summed E-state index contributed by atoms with van der Waals surface area (Å²) < 4.78 is 37.1. The fraction of sp³-hybridized carbons (Fsp3) is 0.345. The highest BCUT2D eigenvalue weighted by Crippen LogP contribution is 2.45. The van der Waals surface area contributed by atoms with Crippen LogP contribution < -0.4 is 14.8 Å². The summed E-state index contributed by atoms with van der Waals surface area (Å²) in [6.45, 7) is 8.23. The fourth-order valence-electron chi connectivity index (χ4n) is 4.20. The second-order valence-electron chi connectivity index (χ2n) is 9.60. The van der Waals surface area contributed by atoms with Crippen LogP contribution >= 0.6 is 0 Å². The molecule has 0 bridgehead atoms. The number of anilines is 1. The number of hydrogen-bond donors (Lipinski definition) is 1. The van der Waals surface area contributed by atoms with Gasteiger partial charge in [0, 0.05) is 17.8 Å². The summed E-state index contributed by atoms with van der Waals surface area (Å²) in [6, 6.07) is 19.0. The van der Waals surface area contributed by atoms with Crippen LogP contribution in [0.2, 0.25) is 0 Å². The average molecular weight is 494 g/mol. The van der Waals surface area contributed by atoms with Crippen molar-refractivity contribution in [3.63, 3.8) is 0 Å². The maximum absolute atomic E-state index is 13.3. The lowest BCUT2D eigenvalue weighted by Gasteiger charge is -2.44. The molecule has 4 rings (SSSR count). The quantitative estimate of drug-likeness (QED) is 0.371. The van der Waals surface area contributed by atoms with Gasteiger partial charge in [0.25, 0.3) is 0 Å². The summed E-state index contributed by atoms with van der Waals surface area (Å²) in [5.74, 6) is 0.501. The van der Waals surface area contributed by atoms with Crippen molar-refractivity contribution in [1.29, 1.82) is 0 Å². The summed E-state index contributed by atoms with van der Waals surface area (Å²) in [6.07, 6.45) is -1.42. The van der Waals surface area contributed by atoms with Gasteiger partial charge < -0.3 is 24.3 Å². The molecule has 2 atom stereocenters. The van der Waals surface area contributed by atoms with E-state index in [0.717, 1.165) is 22.6 Å². The molecule has 1 aliphatic rings. The average Bonchev–Trinajstić information content (AvgIpc) is 2.85. The Morgan fingerprint density at radius 1 is 1.06 bits per heavy atom. The first-order valence-electron chi connectivity index (χ1n) is 12.0. The Kier molecular flexibility index (Phi) is 7.50. The summed E-state index contributed by atoms with van der Waals surface area (Å²) in [5.41, 5.74) is 2.18. The lowest BCUT2D eigenvalue weighted by Crippen LogP contribution is -2.52. The normalized spacial score (nSPS) is 18.2.